The molecule has 1 saturated heterocycles. The number of carboxylic acids is 1. The average Bonchev–Trinajstić information content (AvgIpc) is 3.28. The second-order valence-corrected chi connectivity index (χ2v) is 8.55. The summed E-state index contributed by atoms with van der Waals surface area (Å²) in [5.74, 6) is -0.844. The van der Waals surface area contributed by atoms with Crippen LogP contribution in [0.5, 0.6) is 0 Å². The Morgan fingerprint density at radius 3 is 2.76 bits per heavy atom. The highest BCUT2D eigenvalue weighted by atomic mass is 35.5. The summed E-state index contributed by atoms with van der Waals surface area (Å²) in [6.07, 6.45) is 3.96. The number of carbonyl (C=O) groups is 2. The van der Waals surface area contributed by atoms with Crippen LogP contribution < -0.4 is 10.2 Å². The van der Waals surface area contributed by atoms with Gasteiger partial charge in [0.15, 0.2) is 0 Å². The summed E-state index contributed by atoms with van der Waals surface area (Å²) >= 11 is 6.02. The van der Waals surface area contributed by atoms with Crippen LogP contribution in [0.4, 0.5) is 11.6 Å². The van der Waals surface area contributed by atoms with Crippen molar-refractivity contribution in [3.63, 3.8) is 0 Å². The molecular weight excluding hydrogens is 440 g/mol. The SMILES string of the molecule is Cc1ccccc1CCc1nc(N2CCC[C@H]2C(=O)Nc2cccc(Cl)c2)ncc1C(=O)O. The first-order valence-electron chi connectivity index (χ1n) is 10.9. The van der Waals surface area contributed by atoms with Crippen LogP contribution in [0.2, 0.25) is 5.02 Å². The van der Waals surface area contributed by atoms with Crippen LogP contribution in [-0.2, 0) is 17.6 Å². The van der Waals surface area contributed by atoms with Crippen molar-refractivity contribution in [3.05, 3.63) is 82.1 Å². The van der Waals surface area contributed by atoms with E-state index in [9.17, 15) is 14.7 Å². The predicted molar refractivity (Wildman–Crippen MR) is 128 cm³/mol. The molecule has 33 heavy (non-hydrogen) atoms. The summed E-state index contributed by atoms with van der Waals surface area (Å²) in [4.78, 5) is 35.5. The number of anilines is 2. The Hall–Kier alpha value is -3.45. The molecule has 1 aliphatic rings. The second-order valence-electron chi connectivity index (χ2n) is 8.11. The minimum absolute atomic E-state index is 0.0893. The van der Waals surface area contributed by atoms with E-state index in [1.165, 1.54) is 6.20 Å². The Kier molecular flexibility index (Phi) is 6.89. The van der Waals surface area contributed by atoms with E-state index in [-0.39, 0.29) is 11.5 Å². The highest BCUT2D eigenvalue weighted by molar-refractivity contribution is 6.30. The van der Waals surface area contributed by atoms with Crippen LogP contribution in [-0.4, -0.2) is 39.5 Å². The van der Waals surface area contributed by atoms with Crippen molar-refractivity contribution in [1.29, 1.82) is 0 Å². The fourth-order valence-corrected chi connectivity index (χ4v) is 4.32. The predicted octanol–water partition coefficient (Wildman–Crippen LogP) is 4.53. The molecular formula is C25H25ClN4O3. The summed E-state index contributed by atoms with van der Waals surface area (Å²) in [5.41, 5.74) is 3.48. The molecule has 2 aromatic carbocycles. The van der Waals surface area contributed by atoms with E-state index >= 15 is 0 Å². The standard InChI is InChI=1S/C25H25ClN4O3/c1-16-6-2-3-7-17(16)11-12-21-20(24(32)33)15-27-25(29-21)30-13-5-10-22(30)23(31)28-19-9-4-8-18(26)14-19/h2-4,6-9,14-15,22H,5,10-13H2,1H3,(H,28,31)(H,32,33)/t22-/m0/s1. The fraction of sp³-hybridized carbons (Fsp3) is 0.280. The maximum absolute atomic E-state index is 13.0. The summed E-state index contributed by atoms with van der Waals surface area (Å²) < 4.78 is 0. The van der Waals surface area contributed by atoms with E-state index in [2.05, 4.69) is 15.3 Å². The highest BCUT2D eigenvalue weighted by Gasteiger charge is 2.33. The lowest BCUT2D eigenvalue weighted by Crippen LogP contribution is -2.40. The maximum Gasteiger partial charge on any atom is 0.339 e. The number of hydrogen-bond donors (Lipinski definition) is 2. The summed E-state index contributed by atoms with van der Waals surface area (Å²) in [6.45, 7) is 2.66. The third kappa shape index (κ3) is 5.31. The first-order valence-corrected chi connectivity index (χ1v) is 11.3. The van der Waals surface area contributed by atoms with Gasteiger partial charge in [-0.3, -0.25) is 4.79 Å². The molecule has 1 amide bonds. The summed E-state index contributed by atoms with van der Waals surface area (Å²) in [7, 11) is 0. The van der Waals surface area contributed by atoms with Gasteiger partial charge < -0.3 is 15.3 Å². The number of hydrogen-bond acceptors (Lipinski definition) is 5. The third-order valence-electron chi connectivity index (χ3n) is 5.88. The van der Waals surface area contributed by atoms with Gasteiger partial charge in [0.05, 0.1) is 11.3 Å². The summed E-state index contributed by atoms with van der Waals surface area (Å²) in [6, 6.07) is 14.6. The molecule has 4 rings (SSSR count). The number of benzene rings is 2. The van der Waals surface area contributed by atoms with Gasteiger partial charge in [0.25, 0.3) is 0 Å². The van der Waals surface area contributed by atoms with Gasteiger partial charge in [0, 0.05) is 23.5 Å². The number of aryl methyl sites for hydroxylation is 3. The van der Waals surface area contributed by atoms with Crippen molar-refractivity contribution < 1.29 is 14.7 Å². The molecule has 7 nitrogen and oxygen atoms in total. The van der Waals surface area contributed by atoms with Crippen LogP contribution in [0, 0.1) is 6.92 Å². The molecule has 1 atom stereocenters. The number of halogens is 1. The van der Waals surface area contributed by atoms with Gasteiger partial charge in [-0.2, -0.15) is 0 Å². The Morgan fingerprint density at radius 1 is 1.18 bits per heavy atom. The molecule has 0 bridgehead atoms. The number of amides is 1. The Labute approximate surface area is 197 Å². The van der Waals surface area contributed by atoms with Crippen LogP contribution in [0.3, 0.4) is 0 Å². The van der Waals surface area contributed by atoms with Crippen LogP contribution in [0.25, 0.3) is 0 Å². The topological polar surface area (TPSA) is 95.4 Å². The molecule has 0 spiro atoms. The lowest BCUT2D eigenvalue weighted by atomic mass is 10.0. The third-order valence-corrected chi connectivity index (χ3v) is 6.12. The van der Waals surface area contributed by atoms with E-state index in [1.807, 2.05) is 36.1 Å². The average molecular weight is 465 g/mol. The van der Waals surface area contributed by atoms with Crippen molar-refractivity contribution in [2.75, 3.05) is 16.8 Å². The van der Waals surface area contributed by atoms with E-state index in [0.29, 0.717) is 48.2 Å². The first kappa shape index (κ1) is 22.7. The van der Waals surface area contributed by atoms with Crippen LogP contribution in [0.15, 0.2) is 54.7 Å². The first-order chi connectivity index (χ1) is 15.9. The monoisotopic (exact) mass is 464 g/mol. The second kappa shape index (κ2) is 10.0. The van der Waals surface area contributed by atoms with Crippen LogP contribution >= 0.6 is 11.6 Å². The van der Waals surface area contributed by atoms with Crippen molar-refractivity contribution in [2.45, 2.75) is 38.6 Å². The van der Waals surface area contributed by atoms with Crippen molar-refractivity contribution in [3.8, 4) is 0 Å². The molecule has 1 aromatic heterocycles. The summed E-state index contributed by atoms with van der Waals surface area (Å²) in [5, 5.41) is 13.1. The van der Waals surface area contributed by atoms with Gasteiger partial charge in [-0.05, 0) is 61.9 Å². The molecule has 0 aliphatic carbocycles. The zero-order valence-electron chi connectivity index (χ0n) is 18.3. The smallest absolute Gasteiger partial charge is 0.339 e. The Balaban J connectivity index is 1.55. The van der Waals surface area contributed by atoms with Gasteiger partial charge in [-0.15, -0.1) is 0 Å². The van der Waals surface area contributed by atoms with Gasteiger partial charge in [0.1, 0.15) is 6.04 Å². The molecule has 1 aliphatic heterocycles. The Bertz CT molecular complexity index is 1180. The lowest BCUT2D eigenvalue weighted by molar-refractivity contribution is -0.117. The number of nitrogens with zero attached hydrogens (tertiary/aromatic N) is 3. The van der Waals surface area contributed by atoms with Crippen molar-refractivity contribution >= 4 is 35.1 Å². The number of carbonyl (C=O) groups excluding carboxylic acids is 1. The van der Waals surface area contributed by atoms with Crippen molar-refractivity contribution in [2.24, 2.45) is 0 Å². The number of nitrogens with one attached hydrogen (secondary N) is 1. The quantitative estimate of drug-likeness (QED) is 0.533. The largest absolute Gasteiger partial charge is 0.478 e. The maximum atomic E-state index is 13.0. The van der Waals surface area contributed by atoms with Gasteiger partial charge in [-0.25, -0.2) is 14.8 Å². The lowest BCUT2D eigenvalue weighted by Gasteiger charge is -2.24. The van der Waals surface area contributed by atoms with E-state index < -0.39 is 12.0 Å². The number of aromatic carboxylic acids is 1. The zero-order chi connectivity index (χ0) is 23.4. The molecule has 0 unspecified atom stereocenters. The van der Waals surface area contributed by atoms with E-state index in [0.717, 1.165) is 17.5 Å². The molecule has 1 fully saturated rings. The van der Waals surface area contributed by atoms with Gasteiger partial charge >= 0.3 is 5.97 Å². The van der Waals surface area contributed by atoms with Crippen molar-refractivity contribution in [1.82, 2.24) is 9.97 Å². The molecule has 0 radical (unpaired) electrons. The minimum Gasteiger partial charge on any atom is -0.478 e. The molecule has 0 saturated carbocycles. The molecule has 8 heteroatoms. The van der Waals surface area contributed by atoms with Gasteiger partial charge in [0.2, 0.25) is 11.9 Å². The zero-order valence-corrected chi connectivity index (χ0v) is 19.0. The fourth-order valence-electron chi connectivity index (χ4n) is 4.13. The number of carboxylic acid groups (broad SMARTS) is 1. The van der Waals surface area contributed by atoms with Crippen LogP contribution in [0.1, 0.15) is 40.0 Å². The molecule has 170 valence electrons. The Morgan fingerprint density at radius 2 is 2.00 bits per heavy atom. The normalized spacial score (nSPS) is 15.5. The molecule has 2 N–H and O–H groups in total. The molecule has 3 aromatic rings. The highest BCUT2D eigenvalue weighted by Crippen LogP contribution is 2.25. The minimum atomic E-state index is -1.06. The number of aromatic nitrogens is 2. The van der Waals surface area contributed by atoms with E-state index in [1.54, 1.807) is 24.3 Å². The molecule has 2 heterocycles. The van der Waals surface area contributed by atoms with Gasteiger partial charge in [-0.1, -0.05) is 41.9 Å². The van der Waals surface area contributed by atoms with E-state index in [4.69, 9.17) is 11.6 Å². The number of rotatable bonds is 7.